The van der Waals surface area contributed by atoms with E-state index >= 15 is 0 Å². The van der Waals surface area contributed by atoms with E-state index < -0.39 is 39.0 Å². The average molecular weight is 433 g/mol. The molecule has 6 N–H and O–H groups in total. The third-order valence-electron chi connectivity index (χ3n) is 4.62. The van der Waals surface area contributed by atoms with Gasteiger partial charge in [-0.1, -0.05) is 6.92 Å². The van der Waals surface area contributed by atoms with Crippen molar-refractivity contribution in [2.75, 3.05) is 25.1 Å². The Morgan fingerprint density at radius 2 is 2.07 bits per heavy atom. The molecule has 1 fully saturated rings. The summed E-state index contributed by atoms with van der Waals surface area (Å²) in [4.78, 5) is 30.2. The van der Waals surface area contributed by atoms with Gasteiger partial charge in [-0.2, -0.15) is 0 Å². The number of aliphatic hydroxyl groups excluding tert-OH is 3. The van der Waals surface area contributed by atoms with Crippen molar-refractivity contribution in [1.82, 2.24) is 19.5 Å². The maximum atomic E-state index is 10.9. The van der Waals surface area contributed by atoms with Crippen molar-refractivity contribution in [3.63, 3.8) is 0 Å². The zero-order valence-corrected chi connectivity index (χ0v) is 16.5. The predicted molar refractivity (Wildman–Crippen MR) is 98.6 cm³/mol. The van der Waals surface area contributed by atoms with Crippen molar-refractivity contribution in [2.45, 2.75) is 37.9 Å². The molecule has 0 bridgehead atoms. The first-order valence-corrected chi connectivity index (χ1v) is 10.5. The maximum absolute atomic E-state index is 10.9. The maximum Gasteiger partial charge on any atom is 0.469 e. The summed E-state index contributed by atoms with van der Waals surface area (Å²) < 4.78 is 22.2. The summed E-state index contributed by atoms with van der Waals surface area (Å²) >= 11 is 0. The molecule has 2 aromatic heterocycles. The van der Waals surface area contributed by atoms with E-state index in [1.807, 2.05) is 6.92 Å². The number of anilines is 1. The van der Waals surface area contributed by atoms with E-state index in [2.05, 4.69) is 24.8 Å². The van der Waals surface area contributed by atoms with Gasteiger partial charge in [0.05, 0.1) is 12.9 Å². The lowest BCUT2D eigenvalue weighted by molar-refractivity contribution is -0.0504. The number of hydrogen-bond acceptors (Lipinski definition) is 10. The smallest absolute Gasteiger partial charge is 0.396 e. The van der Waals surface area contributed by atoms with Gasteiger partial charge in [0.1, 0.15) is 24.6 Å². The topological polar surface area (TPSA) is 192 Å². The van der Waals surface area contributed by atoms with Crippen LogP contribution in [0.4, 0.5) is 5.82 Å². The number of hydrogen-bond donors (Lipinski definition) is 6. The molecule has 1 saturated heterocycles. The highest BCUT2D eigenvalue weighted by atomic mass is 31.2. The Morgan fingerprint density at radius 1 is 1.31 bits per heavy atom. The lowest BCUT2D eigenvalue weighted by Crippen LogP contribution is -2.33. The van der Waals surface area contributed by atoms with Crippen LogP contribution in [0, 0.1) is 5.92 Å². The highest BCUT2D eigenvalue weighted by molar-refractivity contribution is 7.46. The Morgan fingerprint density at radius 3 is 2.76 bits per heavy atom. The van der Waals surface area contributed by atoms with E-state index in [4.69, 9.17) is 19.6 Å². The van der Waals surface area contributed by atoms with E-state index in [-0.39, 0.29) is 12.5 Å². The summed E-state index contributed by atoms with van der Waals surface area (Å²) in [5.74, 6) is 0.599. The number of phosphoric acid groups is 1. The van der Waals surface area contributed by atoms with E-state index in [1.54, 1.807) is 0 Å². The van der Waals surface area contributed by atoms with Gasteiger partial charge in [-0.25, -0.2) is 19.5 Å². The molecule has 1 aliphatic rings. The highest BCUT2D eigenvalue weighted by Gasteiger charge is 2.45. The number of imidazole rings is 1. The molecule has 5 atom stereocenters. The molecule has 1 unspecified atom stereocenters. The van der Waals surface area contributed by atoms with Crippen LogP contribution in [0.2, 0.25) is 0 Å². The monoisotopic (exact) mass is 433 g/mol. The number of phosphoric ester groups is 1. The van der Waals surface area contributed by atoms with E-state index in [0.717, 1.165) is 6.42 Å². The Bertz CT molecular complexity index is 876. The average Bonchev–Trinajstić information content (AvgIpc) is 3.22. The molecule has 3 rings (SSSR count). The number of fused-ring (bicyclic) bond motifs is 1. The number of rotatable bonds is 9. The van der Waals surface area contributed by atoms with Gasteiger partial charge in [0.2, 0.25) is 0 Å². The van der Waals surface area contributed by atoms with Gasteiger partial charge in [0, 0.05) is 13.2 Å². The van der Waals surface area contributed by atoms with Crippen molar-refractivity contribution < 1.29 is 38.9 Å². The van der Waals surface area contributed by atoms with Crippen LogP contribution in [0.5, 0.6) is 0 Å². The molecule has 0 radical (unpaired) electrons. The van der Waals surface area contributed by atoms with Crippen LogP contribution in [0.1, 0.15) is 19.6 Å². The zero-order chi connectivity index (χ0) is 21.2. The quantitative estimate of drug-likeness (QED) is 0.264. The molecule has 0 aliphatic carbocycles. The number of aliphatic hydroxyl groups is 3. The summed E-state index contributed by atoms with van der Waals surface area (Å²) in [6.07, 6.45) is -1.66. The third kappa shape index (κ3) is 5.08. The molecule has 2 aromatic rings. The largest absolute Gasteiger partial charge is 0.469 e. The van der Waals surface area contributed by atoms with Gasteiger partial charge in [0.15, 0.2) is 23.2 Å². The fourth-order valence-corrected chi connectivity index (χ4v) is 3.30. The molecule has 162 valence electrons. The second-order valence-electron chi connectivity index (χ2n) is 6.88. The fraction of sp³-hybridized carbons (Fsp3) is 0.667. The van der Waals surface area contributed by atoms with E-state index in [9.17, 15) is 14.8 Å². The summed E-state index contributed by atoms with van der Waals surface area (Å²) in [5, 5.41) is 32.7. The van der Waals surface area contributed by atoms with Crippen molar-refractivity contribution in [3.8, 4) is 0 Å². The van der Waals surface area contributed by atoms with Crippen molar-refractivity contribution in [3.05, 3.63) is 12.7 Å². The molecule has 29 heavy (non-hydrogen) atoms. The van der Waals surface area contributed by atoms with Crippen LogP contribution < -0.4 is 5.32 Å². The molecule has 3 heterocycles. The lowest BCUT2D eigenvalue weighted by atomic mass is 10.1. The van der Waals surface area contributed by atoms with Gasteiger partial charge in [-0.3, -0.25) is 9.09 Å². The van der Waals surface area contributed by atoms with Crippen LogP contribution in [0.15, 0.2) is 12.7 Å². The van der Waals surface area contributed by atoms with Crippen molar-refractivity contribution in [2.24, 2.45) is 5.92 Å². The van der Waals surface area contributed by atoms with Gasteiger partial charge in [0.25, 0.3) is 0 Å². The summed E-state index contributed by atoms with van der Waals surface area (Å²) in [7, 11) is -4.75. The van der Waals surface area contributed by atoms with Crippen LogP contribution in [-0.4, -0.2) is 82.7 Å². The molecule has 0 amide bonds. The molecular weight excluding hydrogens is 409 g/mol. The minimum absolute atomic E-state index is 0.0849. The minimum atomic E-state index is -4.75. The minimum Gasteiger partial charge on any atom is -0.396 e. The third-order valence-corrected chi connectivity index (χ3v) is 5.10. The molecule has 0 spiro atoms. The van der Waals surface area contributed by atoms with Crippen LogP contribution in [-0.2, 0) is 13.8 Å². The fourth-order valence-electron chi connectivity index (χ4n) is 2.96. The SMILES string of the molecule is CC(CO)CCNc1ncnc2c1ncn2[C@@H]1O[C@H](COP(=O)(O)O)[C@@H](O)[C@H]1O. The predicted octanol–water partition coefficient (Wildman–Crippen LogP) is -1.01. The first-order valence-electron chi connectivity index (χ1n) is 8.95. The molecule has 1 aliphatic heterocycles. The van der Waals surface area contributed by atoms with Crippen molar-refractivity contribution in [1.29, 1.82) is 0 Å². The number of aromatic nitrogens is 4. The summed E-state index contributed by atoms with van der Waals surface area (Å²) in [6.45, 7) is 1.96. The second kappa shape index (κ2) is 8.98. The molecular formula is C15H24N5O8P. The summed E-state index contributed by atoms with van der Waals surface area (Å²) in [6, 6.07) is 0. The normalized spacial score (nSPS) is 26.1. The number of nitrogens with one attached hydrogen (secondary N) is 1. The number of ether oxygens (including phenoxy) is 1. The van der Waals surface area contributed by atoms with Crippen LogP contribution in [0.3, 0.4) is 0 Å². The Hall–Kier alpha value is -1.70. The Balaban J connectivity index is 1.76. The van der Waals surface area contributed by atoms with Gasteiger partial charge in [-0.05, 0) is 12.3 Å². The second-order valence-corrected chi connectivity index (χ2v) is 8.12. The standard InChI is InChI=1S/C15H24N5O8P/c1-8(4-21)2-3-16-13-10-14(18-6-17-13)20(7-19-10)15-12(23)11(22)9(28-15)5-27-29(24,25)26/h6-9,11-12,15,21-23H,2-5H2,1H3,(H,16,17,18)(H2,24,25,26)/t8?,9-,11-,12-,15-/m1/s1. The lowest BCUT2D eigenvalue weighted by Gasteiger charge is -2.16. The van der Waals surface area contributed by atoms with Gasteiger partial charge < -0.3 is 35.2 Å². The zero-order valence-electron chi connectivity index (χ0n) is 15.6. The highest BCUT2D eigenvalue weighted by Crippen LogP contribution is 2.38. The van der Waals surface area contributed by atoms with Crippen molar-refractivity contribution >= 4 is 24.8 Å². The molecule has 0 aromatic carbocycles. The molecule has 13 nitrogen and oxygen atoms in total. The first kappa shape index (κ1) is 22.0. The van der Waals surface area contributed by atoms with E-state index in [0.29, 0.717) is 23.5 Å². The van der Waals surface area contributed by atoms with Crippen LogP contribution >= 0.6 is 7.82 Å². The Kier molecular flexibility index (Phi) is 6.81. The summed E-state index contributed by atoms with van der Waals surface area (Å²) in [5.41, 5.74) is 0.759. The van der Waals surface area contributed by atoms with Gasteiger partial charge in [-0.15, -0.1) is 0 Å². The van der Waals surface area contributed by atoms with Crippen LogP contribution in [0.25, 0.3) is 11.2 Å². The van der Waals surface area contributed by atoms with Gasteiger partial charge >= 0.3 is 7.82 Å². The molecule has 0 saturated carbocycles. The van der Waals surface area contributed by atoms with E-state index in [1.165, 1.54) is 17.2 Å². The first-order chi connectivity index (χ1) is 13.7. The molecule has 14 heteroatoms. The number of nitrogens with zero attached hydrogens (tertiary/aromatic N) is 4. The Labute approximate surface area is 165 Å².